The molecule has 0 bridgehead atoms. The number of hydrogen-bond acceptors (Lipinski definition) is 3. The summed E-state index contributed by atoms with van der Waals surface area (Å²) in [6, 6.07) is 1.80. The third-order valence-corrected chi connectivity index (χ3v) is 1.93. The summed E-state index contributed by atoms with van der Waals surface area (Å²) in [5.74, 6) is 0.424. The molecule has 14 heavy (non-hydrogen) atoms. The Balaban J connectivity index is 2.49. The minimum absolute atomic E-state index is 0.126. The van der Waals surface area contributed by atoms with E-state index in [1.165, 1.54) is 6.92 Å². The van der Waals surface area contributed by atoms with Crippen LogP contribution < -0.4 is 5.32 Å². The van der Waals surface area contributed by atoms with Gasteiger partial charge in [0.25, 0.3) is 0 Å². The van der Waals surface area contributed by atoms with Gasteiger partial charge in [-0.3, -0.25) is 9.48 Å². The summed E-state index contributed by atoms with van der Waals surface area (Å²) in [4.78, 5) is 14.9. The van der Waals surface area contributed by atoms with E-state index in [0.717, 1.165) is 10.9 Å². The Hall–Kier alpha value is -1.91. The number of nitrogens with zero attached hydrogens (tertiary/aromatic N) is 3. The highest BCUT2D eigenvalue weighted by Gasteiger charge is 2.02. The number of amides is 1. The van der Waals surface area contributed by atoms with E-state index in [2.05, 4.69) is 15.4 Å². The largest absolute Gasteiger partial charge is 0.311 e. The van der Waals surface area contributed by atoms with Crippen molar-refractivity contribution in [2.45, 2.75) is 6.92 Å². The lowest BCUT2D eigenvalue weighted by molar-refractivity contribution is -0.114. The van der Waals surface area contributed by atoms with Gasteiger partial charge in [-0.15, -0.1) is 0 Å². The lowest BCUT2D eigenvalue weighted by Crippen LogP contribution is -2.07. The van der Waals surface area contributed by atoms with Crippen LogP contribution in [-0.4, -0.2) is 20.7 Å². The number of anilines is 1. The number of nitrogens with one attached hydrogen (secondary N) is 1. The minimum Gasteiger partial charge on any atom is -0.311 e. The molecule has 2 aromatic rings. The maximum atomic E-state index is 10.8. The van der Waals surface area contributed by atoms with Crippen molar-refractivity contribution in [1.82, 2.24) is 14.8 Å². The van der Waals surface area contributed by atoms with E-state index in [9.17, 15) is 4.79 Å². The fourth-order valence-corrected chi connectivity index (χ4v) is 1.29. The normalized spacial score (nSPS) is 10.4. The number of carbonyl (C=O) groups is 1. The SMILES string of the molecule is CC(=O)Nc1cc2c(cn1)cnn2C. The molecule has 0 aliphatic carbocycles. The van der Waals surface area contributed by atoms with E-state index in [1.54, 1.807) is 23.1 Å². The molecule has 5 heteroatoms. The molecule has 1 amide bonds. The van der Waals surface area contributed by atoms with Crippen molar-refractivity contribution < 1.29 is 4.79 Å². The van der Waals surface area contributed by atoms with Crippen LogP contribution in [0.5, 0.6) is 0 Å². The summed E-state index contributed by atoms with van der Waals surface area (Å²) >= 11 is 0. The summed E-state index contributed by atoms with van der Waals surface area (Å²) in [5.41, 5.74) is 0.948. The Kier molecular flexibility index (Phi) is 1.92. The molecule has 1 N–H and O–H groups in total. The Morgan fingerprint density at radius 3 is 3.00 bits per heavy atom. The highest BCUT2D eigenvalue weighted by atomic mass is 16.1. The first kappa shape index (κ1) is 8.68. The molecule has 0 aromatic carbocycles. The maximum Gasteiger partial charge on any atom is 0.222 e. The Labute approximate surface area is 80.7 Å². The molecular weight excluding hydrogens is 180 g/mol. The molecule has 0 unspecified atom stereocenters. The fourth-order valence-electron chi connectivity index (χ4n) is 1.29. The quantitative estimate of drug-likeness (QED) is 0.727. The van der Waals surface area contributed by atoms with Crippen LogP contribution in [0.2, 0.25) is 0 Å². The standard InChI is InChI=1S/C9H10N4O/c1-6(14)12-9-3-8-7(4-10-9)5-11-13(8)2/h3-5H,1-2H3,(H,10,12,14). The smallest absolute Gasteiger partial charge is 0.222 e. The molecule has 0 saturated carbocycles. The van der Waals surface area contributed by atoms with E-state index in [0.29, 0.717) is 5.82 Å². The Morgan fingerprint density at radius 1 is 1.50 bits per heavy atom. The van der Waals surface area contributed by atoms with Crippen molar-refractivity contribution in [3.8, 4) is 0 Å². The zero-order chi connectivity index (χ0) is 10.1. The van der Waals surface area contributed by atoms with Crippen molar-refractivity contribution in [2.24, 2.45) is 7.05 Å². The summed E-state index contributed by atoms with van der Waals surface area (Å²) < 4.78 is 1.74. The highest BCUT2D eigenvalue weighted by Crippen LogP contribution is 2.14. The topological polar surface area (TPSA) is 59.8 Å². The molecule has 72 valence electrons. The van der Waals surface area contributed by atoms with Crippen molar-refractivity contribution in [2.75, 3.05) is 5.32 Å². The van der Waals surface area contributed by atoms with Crippen molar-refractivity contribution >= 4 is 22.6 Å². The van der Waals surface area contributed by atoms with Gasteiger partial charge in [-0.25, -0.2) is 4.98 Å². The molecule has 2 aromatic heterocycles. The second-order valence-electron chi connectivity index (χ2n) is 3.08. The monoisotopic (exact) mass is 190 g/mol. The van der Waals surface area contributed by atoms with Crippen LogP contribution in [0.15, 0.2) is 18.5 Å². The Morgan fingerprint density at radius 2 is 2.29 bits per heavy atom. The number of fused-ring (bicyclic) bond motifs is 1. The van der Waals surface area contributed by atoms with Gasteiger partial charge in [0, 0.05) is 31.6 Å². The third kappa shape index (κ3) is 1.44. The van der Waals surface area contributed by atoms with Crippen LogP contribution in [-0.2, 0) is 11.8 Å². The molecule has 2 heterocycles. The van der Waals surface area contributed by atoms with Crippen molar-refractivity contribution in [1.29, 1.82) is 0 Å². The van der Waals surface area contributed by atoms with Gasteiger partial charge in [-0.05, 0) is 0 Å². The van der Waals surface area contributed by atoms with E-state index in [4.69, 9.17) is 0 Å². The van der Waals surface area contributed by atoms with Crippen LogP contribution in [0, 0.1) is 0 Å². The van der Waals surface area contributed by atoms with E-state index >= 15 is 0 Å². The molecule has 0 spiro atoms. The van der Waals surface area contributed by atoms with Gasteiger partial charge in [0.1, 0.15) is 5.82 Å². The van der Waals surface area contributed by atoms with Gasteiger partial charge >= 0.3 is 0 Å². The molecule has 0 aliphatic rings. The van der Waals surface area contributed by atoms with Crippen LogP contribution in [0.1, 0.15) is 6.92 Å². The first-order valence-electron chi connectivity index (χ1n) is 4.22. The zero-order valence-electron chi connectivity index (χ0n) is 7.98. The second kappa shape index (κ2) is 3.10. The van der Waals surface area contributed by atoms with Gasteiger partial charge in [0.05, 0.1) is 11.7 Å². The predicted octanol–water partition coefficient (Wildman–Crippen LogP) is 0.927. The summed E-state index contributed by atoms with van der Waals surface area (Å²) in [7, 11) is 1.85. The van der Waals surface area contributed by atoms with Gasteiger partial charge in [0.2, 0.25) is 5.91 Å². The van der Waals surface area contributed by atoms with Crippen LogP contribution in [0.25, 0.3) is 10.9 Å². The molecular formula is C9H10N4O. The number of carbonyl (C=O) groups excluding carboxylic acids is 1. The lowest BCUT2D eigenvalue weighted by Gasteiger charge is -2.00. The van der Waals surface area contributed by atoms with E-state index in [1.807, 2.05) is 7.05 Å². The van der Waals surface area contributed by atoms with Gasteiger partial charge < -0.3 is 5.32 Å². The first-order chi connectivity index (χ1) is 6.66. The average molecular weight is 190 g/mol. The molecule has 5 nitrogen and oxygen atoms in total. The highest BCUT2D eigenvalue weighted by molar-refractivity contribution is 5.90. The molecule has 0 radical (unpaired) electrons. The lowest BCUT2D eigenvalue weighted by atomic mass is 10.3. The van der Waals surface area contributed by atoms with Gasteiger partial charge in [0.15, 0.2) is 0 Å². The van der Waals surface area contributed by atoms with E-state index < -0.39 is 0 Å². The minimum atomic E-state index is -0.126. The van der Waals surface area contributed by atoms with Crippen LogP contribution in [0.3, 0.4) is 0 Å². The van der Waals surface area contributed by atoms with Crippen LogP contribution in [0.4, 0.5) is 5.82 Å². The average Bonchev–Trinajstić information content (AvgIpc) is 2.47. The third-order valence-electron chi connectivity index (χ3n) is 1.93. The Bertz CT molecular complexity index is 489. The number of aryl methyl sites for hydroxylation is 1. The first-order valence-corrected chi connectivity index (χ1v) is 4.22. The number of pyridine rings is 1. The van der Waals surface area contributed by atoms with Gasteiger partial charge in [-0.1, -0.05) is 0 Å². The van der Waals surface area contributed by atoms with Gasteiger partial charge in [-0.2, -0.15) is 5.10 Å². The molecule has 0 saturated heterocycles. The van der Waals surface area contributed by atoms with Crippen LogP contribution >= 0.6 is 0 Å². The summed E-state index contributed by atoms with van der Waals surface area (Å²) in [6.07, 6.45) is 3.42. The molecule has 0 fully saturated rings. The predicted molar refractivity (Wildman–Crippen MR) is 52.8 cm³/mol. The fraction of sp³-hybridized carbons (Fsp3) is 0.222. The van der Waals surface area contributed by atoms with Crippen molar-refractivity contribution in [3.63, 3.8) is 0 Å². The van der Waals surface area contributed by atoms with Crippen molar-refractivity contribution in [3.05, 3.63) is 18.5 Å². The maximum absolute atomic E-state index is 10.8. The molecule has 0 atom stereocenters. The summed E-state index contributed by atoms with van der Waals surface area (Å²) in [6.45, 7) is 1.45. The number of hydrogen-bond donors (Lipinski definition) is 1. The zero-order valence-corrected chi connectivity index (χ0v) is 7.98. The molecule has 0 aliphatic heterocycles. The number of rotatable bonds is 1. The number of aromatic nitrogens is 3. The molecule has 2 rings (SSSR count). The summed E-state index contributed by atoms with van der Waals surface area (Å²) in [5, 5.41) is 7.66. The second-order valence-corrected chi connectivity index (χ2v) is 3.08. The van der Waals surface area contributed by atoms with E-state index in [-0.39, 0.29) is 5.91 Å².